The molecule has 0 radical (unpaired) electrons. The first-order valence-electron chi connectivity index (χ1n) is 8.26. The summed E-state index contributed by atoms with van der Waals surface area (Å²) in [7, 11) is 0. The number of hydrogen-bond acceptors (Lipinski definition) is 3. The monoisotopic (exact) mass is 320 g/mol. The van der Waals surface area contributed by atoms with Crippen LogP contribution in [0.25, 0.3) is 0 Å². The Balaban J connectivity index is 1.80. The number of pyridine rings is 1. The summed E-state index contributed by atoms with van der Waals surface area (Å²) in [5.41, 5.74) is 1.77. The van der Waals surface area contributed by atoms with Gasteiger partial charge >= 0.3 is 6.09 Å². The molecule has 1 amide bonds. The molecule has 2 aromatic rings. The van der Waals surface area contributed by atoms with E-state index in [-0.39, 0.29) is 18.2 Å². The van der Waals surface area contributed by atoms with Crippen molar-refractivity contribution in [3.63, 3.8) is 0 Å². The summed E-state index contributed by atoms with van der Waals surface area (Å²) in [5.74, 6) is 6.81. The molecule has 0 aliphatic carbocycles. The Bertz CT molecular complexity index is 760. The molecule has 0 N–H and O–H groups in total. The summed E-state index contributed by atoms with van der Waals surface area (Å²) in [5, 5.41) is 0. The van der Waals surface area contributed by atoms with Gasteiger partial charge in [-0.05, 0) is 37.1 Å². The van der Waals surface area contributed by atoms with Crippen LogP contribution >= 0.6 is 0 Å². The minimum Gasteiger partial charge on any atom is -0.444 e. The number of hydrogen-bond donors (Lipinski definition) is 0. The molecular weight excluding hydrogens is 300 g/mol. The second-order valence-corrected chi connectivity index (χ2v) is 5.70. The van der Waals surface area contributed by atoms with E-state index < -0.39 is 0 Å². The molecule has 1 saturated heterocycles. The molecule has 1 aliphatic rings. The highest BCUT2D eigenvalue weighted by Gasteiger charge is 2.41. The fourth-order valence-corrected chi connectivity index (χ4v) is 2.90. The van der Waals surface area contributed by atoms with Crippen LogP contribution in [0.4, 0.5) is 10.6 Å². The summed E-state index contributed by atoms with van der Waals surface area (Å²) in [6, 6.07) is 13.6. The van der Waals surface area contributed by atoms with E-state index in [2.05, 4.69) is 23.7 Å². The molecule has 24 heavy (non-hydrogen) atoms. The summed E-state index contributed by atoms with van der Waals surface area (Å²) < 4.78 is 5.44. The molecular formula is C20H20N2O2. The van der Waals surface area contributed by atoms with Gasteiger partial charge in [-0.25, -0.2) is 9.78 Å². The maximum absolute atomic E-state index is 12.1. The van der Waals surface area contributed by atoms with Gasteiger partial charge in [-0.1, -0.05) is 43.9 Å². The second kappa shape index (κ2) is 7.18. The maximum Gasteiger partial charge on any atom is 0.416 e. The molecule has 122 valence electrons. The largest absolute Gasteiger partial charge is 0.444 e. The average Bonchev–Trinajstić information content (AvgIpc) is 2.97. The fraction of sp³-hybridized carbons (Fsp3) is 0.300. The van der Waals surface area contributed by atoms with Crippen molar-refractivity contribution in [1.82, 2.24) is 4.98 Å². The molecule has 1 aromatic carbocycles. The molecule has 0 saturated carbocycles. The van der Waals surface area contributed by atoms with Gasteiger partial charge in [0.05, 0.1) is 6.04 Å². The SMILES string of the molecule is CCC1OC(=O)N(c2ccc(C#Cc3ccccc3)cn2)C1CC. The molecule has 2 heterocycles. The van der Waals surface area contributed by atoms with Gasteiger partial charge in [-0.3, -0.25) is 4.90 Å². The van der Waals surface area contributed by atoms with Crippen LogP contribution in [-0.2, 0) is 4.74 Å². The van der Waals surface area contributed by atoms with Crippen LogP contribution in [-0.4, -0.2) is 23.2 Å². The number of amides is 1. The lowest BCUT2D eigenvalue weighted by molar-refractivity contribution is 0.128. The van der Waals surface area contributed by atoms with Gasteiger partial charge in [0.25, 0.3) is 0 Å². The highest BCUT2D eigenvalue weighted by molar-refractivity contribution is 5.89. The van der Waals surface area contributed by atoms with Crippen LogP contribution in [0.2, 0.25) is 0 Å². The van der Waals surface area contributed by atoms with Gasteiger partial charge < -0.3 is 4.74 Å². The van der Waals surface area contributed by atoms with Crippen molar-refractivity contribution in [2.75, 3.05) is 4.90 Å². The van der Waals surface area contributed by atoms with E-state index in [9.17, 15) is 4.79 Å². The first kappa shape index (κ1) is 16.1. The van der Waals surface area contributed by atoms with Crippen LogP contribution in [0.5, 0.6) is 0 Å². The van der Waals surface area contributed by atoms with Crippen molar-refractivity contribution in [2.24, 2.45) is 0 Å². The average molecular weight is 320 g/mol. The number of benzene rings is 1. The van der Waals surface area contributed by atoms with Crippen molar-refractivity contribution in [3.8, 4) is 11.8 Å². The Morgan fingerprint density at radius 2 is 1.79 bits per heavy atom. The van der Waals surface area contributed by atoms with Gasteiger partial charge in [0.15, 0.2) is 0 Å². The number of nitrogens with zero attached hydrogens (tertiary/aromatic N) is 2. The molecule has 2 unspecified atom stereocenters. The van der Waals surface area contributed by atoms with Gasteiger partial charge in [-0.2, -0.15) is 0 Å². The molecule has 0 bridgehead atoms. The Morgan fingerprint density at radius 1 is 1.04 bits per heavy atom. The maximum atomic E-state index is 12.1. The normalized spacial score (nSPS) is 19.6. The highest BCUT2D eigenvalue weighted by atomic mass is 16.6. The molecule has 0 spiro atoms. The van der Waals surface area contributed by atoms with E-state index in [0.717, 1.165) is 24.0 Å². The van der Waals surface area contributed by atoms with Crippen LogP contribution in [0.1, 0.15) is 37.8 Å². The van der Waals surface area contributed by atoms with Crippen molar-refractivity contribution in [2.45, 2.75) is 38.8 Å². The minimum atomic E-state index is -0.315. The summed E-state index contributed by atoms with van der Waals surface area (Å²) >= 11 is 0. The number of anilines is 1. The Hall–Kier alpha value is -2.80. The van der Waals surface area contributed by atoms with Crippen LogP contribution < -0.4 is 4.90 Å². The topological polar surface area (TPSA) is 42.4 Å². The molecule has 3 rings (SSSR count). The highest BCUT2D eigenvalue weighted by Crippen LogP contribution is 2.28. The van der Waals surface area contributed by atoms with Crippen molar-refractivity contribution >= 4 is 11.9 Å². The number of cyclic esters (lactones) is 1. The van der Waals surface area contributed by atoms with E-state index in [0.29, 0.717) is 5.82 Å². The number of carbonyl (C=O) groups is 1. The second-order valence-electron chi connectivity index (χ2n) is 5.70. The third-order valence-corrected chi connectivity index (χ3v) is 4.15. The first-order chi connectivity index (χ1) is 11.7. The predicted molar refractivity (Wildman–Crippen MR) is 93.8 cm³/mol. The molecule has 4 heteroatoms. The van der Waals surface area contributed by atoms with Crippen LogP contribution in [0.3, 0.4) is 0 Å². The first-order valence-corrected chi connectivity index (χ1v) is 8.26. The quantitative estimate of drug-likeness (QED) is 0.803. The molecule has 1 fully saturated rings. The molecule has 2 atom stereocenters. The minimum absolute atomic E-state index is 0.0382. The van der Waals surface area contributed by atoms with Crippen LogP contribution in [0, 0.1) is 11.8 Å². The molecule has 4 nitrogen and oxygen atoms in total. The fourth-order valence-electron chi connectivity index (χ4n) is 2.90. The van der Waals surface area contributed by atoms with E-state index in [1.807, 2.05) is 49.4 Å². The van der Waals surface area contributed by atoms with E-state index >= 15 is 0 Å². The van der Waals surface area contributed by atoms with Crippen molar-refractivity contribution in [1.29, 1.82) is 0 Å². The lowest BCUT2D eigenvalue weighted by Crippen LogP contribution is -2.36. The summed E-state index contributed by atoms with van der Waals surface area (Å²) in [6.07, 6.45) is 2.96. The van der Waals surface area contributed by atoms with Crippen LogP contribution in [0.15, 0.2) is 48.7 Å². The van der Waals surface area contributed by atoms with E-state index in [1.54, 1.807) is 11.1 Å². The number of aromatic nitrogens is 1. The Labute approximate surface area is 142 Å². The molecule has 1 aromatic heterocycles. The smallest absolute Gasteiger partial charge is 0.416 e. The zero-order valence-electron chi connectivity index (χ0n) is 13.9. The van der Waals surface area contributed by atoms with Gasteiger partial charge in [0.1, 0.15) is 11.9 Å². The standard InChI is InChI=1S/C20H20N2O2/c1-3-17-18(4-2)24-20(23)22(17)19-13-12-16(14-21-19)11-10-15-8-6-5-7-9-15/h5-9,12-14,17-18H,3-4H2,1-2H3. The lowest BCUT2D eigenvalue weighted by Gasteiger charge is -2.21. The third-order valence-electron chi connectivity index (χ3n) is 4.15. The van der Waals surface area contributed by atoms with Crippen molar-refractivity contribution in [3.05, 3.63) is 59.8 Å². The Morgan fingerprint density at radius 3 is 2.42 bits per heavy atom. The van der Waals surface area contributed by atoms with Gasteiger partial charge in [0.2, 0.25) is 0 Å². The summed E-state index contributed by atoms with van der Waals surface area (Å²) in [4.78, 5) is 18.2. The third kappa shape index (κ3) is 3.26. The van der Waals surface area contributed by atoms with E-state index in [1.165, 1.54) is 0 Å². The Kier molecular flexibility index (Phi) is 4.81. The zero-order valence-corrected chi connectivity index (χ0v) is 13.9. The predicted octanol–water partition coefficient (Wildman–Crippen LogP) is 4.00. The zero-order chi connectivity index (χ0) is 16.9. The van der Waals surface area contributed by atoms with Gasteiger partial charge in [-0.15, -0.1) is 0 Å². The van der Waals surface area contributed by atoms with E-state index in [4.69, 9.17) is 4.74 Å². The van der Waals surface area contributed by atoms with Gasteiger partial charge in [0, 0.05) is 17.3 Å². The van der Waals surface area contributed by atoms with Crippen molar-refractivity contribution < 1.29 is 9.53 Å². The number of carbonyl (C=O) groups excluding carboxylic acids is 1. The molecule has 1 aliphatic heterocycles. The number of ether oxygens (including phenoxy) is 1. The lowest BCUT2D eigenvalue weighted by atomic mass is 10.1. The number of rotatable bonds is 3. The summed E-state index contributed by atoms with van der Waals surface area (Å²) in [6.45, 7) is 4.09.